The zero-order valence-corrected chi connectivity index (χ0v) is 8.47. The average Bonchev–Trinajstić information content (AvgIpc) is 2.19. The Balaban J connectivity index is 1.83. The van der Waals surface area contributed by atoms with Crippen molar-refractivity contribution >= 4 is 0 Å². The van der Waals surface area contributed by atoms with Crippen LogP contribution in [0, 0.1) is 11.8 Å². The van der Waals surface area contributed by atoms with Crippen molar-refractivity contribution in [2.75, 3.05) is 13.1 Å². The maximum atomic E-state index is 6.02. The van der Waals surface area contributed by atoms with Crippen molar-refractivity contribution < 1.29 is 0 Å². The van der Waals surface area contributed by atoms with Gasteiger partial charge in [-0.2, -0.15) is 0 Å². The van der Waals surface area contributed by atoms with Gasteiger partial charge in [-0.1, -0.05) is 12.8 Å². The molecule has 1 saturated heterocycles. The predicted molar refractivity (Wildman–Crippen MR) is 55.5 cm³/mol. The summed E-state index contributed by atoms with van der Waals surface area (Å²) < 4.78 is 0. The first-order valence-electron chi connectivity index (χ1n) is 5.82. The quantitative estimate of drug-likeness (QED) is 0.645. The first-order chi connectivity index (χ1) is 6.36. The molecule has 2 nitrogen and oxygen atoms in total. The Hall–Kier alpha value is -0.0800. The molecule has 0 amide bonds. The van der Waals surface area contributed by atoms with Gasteiger partial charge in [-0.05, 0) is 50.6 Å². The fourth-order valence-electron chi connectivity index (χ4n) is 3.01. The van der Waals surface area contributed by atoms with Crippen LogP contribution in [-0.2, 0) is 0 Å². The number of hydrogen-bond donors (Lipinski definition) is 2. The number of hydrogen-bond acceptors (Lipinski definition) is 2. The van der Waals surface area contributed by atoms with Crippen LogP contribution in [0.15, 0.2) is 0 Å². The lowest BCUT2D eigenvalue weighted by molar-refractivity contribution is 0.191. The molecule has 1 aliphatic carbocycles. The molecule has 2 atom stereocenters. The van der Waals surface area contributed by atoms with Crippen LogP contribution in [0.3, 0.4) is 0 Å². The molecule has 0 aromatic heterocycles. The highest BCUT2D eigenvalue weighted by Gasteiger charge is 2.27. The normalized spacial score (nSPS) is 37.6. The van der Waals surface area contributed by atoms with Crippen LogP contribution in [0.4, 0.5) is 0 Å². The molecule has 1 aliphatic heterocycles. The summed E-state index contributed by atoms with van der Waals surface area (Å²) in [5, 5.41) is 3.43. The lowest BCUT2D eigenvalue weighted by Gasteiger charge is -2.35. The SMILES string of the molecule is NC1CCCC(C2CCNCC2)C1. The zero-order valence-electron chi connectivity index (χ0n) is 8.47. The van der Waals surface area contributed by atoms with Gasteiger partial charge in [0, 0.05) is 6.04 Å². The molecule has 2 aliphatic rings. The number of rotatable bonds is 1. The maximum Gasteiger partial charge on any atom is 0.00415 e. The van der Waals surface area contributed by atoms with E-state index in [1.54, 1.807) is 0 Å². The van der Waals surface area contributed by atoms with Gasteiger partial charge in [0.15, 0.2) is 0 Å². The molecule has 0 aromatic rings. The summed E-state index contributed by atoms with van der Waals surface area (Å²) in [5.74, 6) is 1.93. The third-order valence-corrected chi connectivity index (χ3v) is 3.81. The minimum Gasteiger partial charge on any atom is -0.328 e. The van der Waals surface area contributed by atoms with Gasteiger partial charge in [-0.3, -0.25) is 0 Å². The van der Waals surface area contributed by atoms with Gasteiger partial charge in [-0.25, -0.2) is 0 Å². The Labute approximate surface area is 81.3 Å². The van der Waals surface area contributed by atoms with E-state index in [9.17, 15) is 0 Å². The second-order valence-electron chi connectivity index (χ2n) is 4.77. The van der Waals surface area contributed by atoms with Crippen LogP contribution in [0.25, 0.3) is 0 Å². The summed E-state index contributed by atoms with van der Waals surface area (Å²) in [6, 6.07) is 0.508. The molecule has 76 valence electrons. The number of piperidine rings is 1. The standard InChI is InChI=1S/C11H22N2/c12-11-3-1-2-10(8-11)9-4-6-13-7-5-9/h9-11,13H,1-8,12H2. The Morgan fingerprint density at radius 3 is 2.38 bits per heavy atom. The molecular weight excluding hydrogens is 160 g/mol. The summed E-state index contributed by atoms with van der Waals surface area (Å²) in [7, 11) is 0. The van der Waals surface area contributed by atoms with Crippen molar-refractivity contribution in [3.8, 4) is 0 Å². The summed E-state index contributed by atoms with van der Waals surface area (Å²) >= 11 is 0. The molecule has 0 spiro atoms. The highest BCUT2D eigenvalue weighted by atomic mass is 14.9. The third kappa shape index (κ3) is 2.44. The lowest BCUT2D eigenvalue weighted by atomic mass is 9.74. The Morgan fingerprint density at radius 1 is 0.923 bits per heavy atom. The van der Waals surface area contributed by atoms with Crippen LogP contribution >= 0.6 is 0 Å². The topological polar surface area (TPSA) is 38.0 Å². The highest BCUT2D eigenvalue weighted by molar-refractivity contribution is 4.82. The maximum absolute atomic E-state index is 6.02. The lowest BCUT2D eigenvalue weighted by Crippen LogP contribution is -2.36. The monoisotopic (exact) mass is 182 g/mol. The van der Waals surface area contributed by atoms with E-state index in [1.807, 2.05) is 0 Å². The molecule has 3 N–H and O–H groups in total. The molecule has 0 bridgehead atoms. The average molecular weight is 182 g/mol. The van der Waals surface area contributed by atoms with Gasteiger partial charge in [0.1, 0.15) is 0 Å². The molecule has 0 aromatic carbocycles. The minimum atomic E-state index is 0.508. The van der Waals surface area contributed by atoms with E-state index in [1.165, 1.54) is 51.6 Å². The van der Waals surface area contributed by atoms with Crippen molar-refractivity contribution in [3.63, 3.8) is 0 Å². The van der Waals surface area contributed by atoms with Crippen LogP contribution in [0.5, 0.6) is 0 Å². The highest BCUT2D eigenvalue weighted by Crippen LogP contribution is 2.33. The van der Waals surface area contributed by atoms with Gasteiger partial charge < -0.3 is 11.1 Å². The molecule has 0 radical (unpaired) electrons. The molecule has 1 saturated carbocycles. The summed E-state index contributed by atoms with van der Waals surface area (Å²) in [6.07, 6.45) is 8.15. The summed E-state index contributed by atoms with van der Waals surface area (Å²) in [6.45, 7) is 2.47. The van der Waals surface area contributed by atoms with Gasteiger partial charge in [0.2, 0.25) is 0 Å². The Kier molecular flexibility index (Phi) is 3.23. The molecule has 13 heavy (non-hydrogen) atoms. The molecule has 2 fully saturated rings. The molecule has 2 heteroatoms. The summed E-state index contributed by atoms with van der Waals surface area (Å²) in [4.78, 5) is 0. The Bertz CT molecular complexity index is 152. The van der Waals surface area contributed by atoms with Crippen molar-refractivity contribution in [3.05, 3.63) is 0 Å². The van der Waals surface area contributed by atoms with Crippen LogP contribution in [-0.4, -0.2) is 19.1 Å². The molecule has 1 heterocycles. The molecule has 2 rings (SSSR count). The van der Waals surface area contributed by atoms with Gasteiger partial charge in [-0.15, -0.1) is 0 Å². The van der Waals surface area contributed by atoms with Crippen molar-refractivity contribution in [1.29, 1.82) is 0 Å². The fourth-order valence-corrected chi connectivity index (χ4v) is 3.01. The number of nitrogens with two attached hydrogens (primary N) is 1. The first-order valence-corrected chi connectivity index (χ1v) is 5.82. The van der Waals surface area contributed by atoms with Crippen molar-refractivity contribution in [2.45, 2.75) is 44.6 Å². The first kappa shape index (κ1) is 9.47. The van der Waals surface area contributed by atoms with Gasteiger partial charge >= 0.3 is 0 Å². The second-order valence-corrected chi connectivity index (χ2v) is 4.77. The molecular formula is C11H22N2. The van der Waals surface area contributed by atoms with E-state index in [0.29, 0.717) is 6.04 Å². The Morgan fingerprint density at radius 2 is 1.69 bits per heavy atom. The number of nitrogens with one attached hydrogen (secondary N) is 1. The van der Waals surface area contributed by atoms with Gasteiger partial charge in [0.05, 0.1) is 0 Å². The second kappa shape index (κ2) is 4.43. The van der Waals surface area contributed by atoms with Crippen LogP contribution in [0.1, 0.15) is 38.5 Å². The molecule has 2 unspecified atom stereocenters. The van der Waals surface area contributed by atoms with E-state index in [4.69, 9.17) is 5.73 Å². The van der Waals surface area contributed by atoms with E-state index in [-0.39, 0.29) is 0 Å². The fraction of sp³-hybridized carbons (Fsp3) is 1.00. The zero-order chi connectivity index (χ0) is 9.10. The van der Waals surface area contributed by atoms with E-state index < -0.39 is 0 Å². The van der Waals surface area contributed by atoms with Crippen molar-refractivity contribution in [2.24, 2.45) is 17.6 Å². The van der Waals surface area contributed by atoms with Gasteiger partial charge in [0.25, 0.3) is 0 Å². The largest absolute Gasteiger partial charge is 0.328 e. The van der Waals surface area contributed by atoms with Crippen molar-refractivity contribution in [1.82, 2.24) is 5.32 Å². The summed E-state index contributed by atoms with van der Waals surface area (Å²) in [5.41, 5.74) is 6.02. The van der Waals surface area contributed by atoms with Crippen LogP contribution in [0.2, 0.25) is 0 Å². The minimum absolute atomic E-state index is 0.508. The predicted octanol–water partition coefficient (Wildman–Crippen LogP) is 1.50. The van der Waals surface area contributed by atoms with E-state index in [0.717, 1.165) is 11.8 Å². The van der Waals surface area contributed by atoms with E-state index in [2.05, 4.69) is 5.32 Å². The van der Waals surface area contributed by atoms with E-state index >= 15 is 0 Å². The third-order valence-electron chi connectivity index (χ3n) is 3.81. The smallest absolute Gasteiger partial charge is 0.00415 e. The van der Waals surface area contributed by atoms with Crippen LogP contribution < -0.4 is 11.1 Å².